The molecule has 1 aliphatic heterocycles. The molecule has 3 aliphatic rings. The van der Waals surface area contributed by atoms with Crippen LogP contribution in [-0.2, 0) is 24.1 Å². The van der Waals surface area contributed by atoms with Gasteiger partial charge in [-0.05, 0) is 54.7 Å². The predicted molar refractivity (Wildman–Crippen MR) is 132 cm³/mol. The van der Waals surface area contributed by atoms with E-state index in [1.165, 1.54) is 16.7 Å². The Morgan fingerprint density at radius 3 is 2.79 bits per heavy atom. The molecule has 1 aromatic heterocycles. The van der Waals surface area contributed by atoms with Crippen LogP contribution in [0.1, 0.15) is 67.4 Å². The molecule has 5 rings (SSSR count). The smallest absolute Gasteiger partial charge is 0.158 e. The van der Waals surface area contributed by atoms with Gasteiger partial charge in [0.15, 0.2) is 5.78 Å². The highest BCUT2D eigenvalue weighted by Gasteiger charge is 2.34. The Bertz CT molecular complexity index is 1130. The number of benzene rings is 1. The zero-order chi connectivity index (χ0) is 22.6. The number of nitrogens with one attached hydrogen (secondary N) is 1. The molecular formula is C28H32N4O. The second kappa shape index (κ2) is 9.82. The lowest BCUT2D eigenvalue weighted by Gasteiger charge is -2.19. The van der Waals surface area contributed by atoms with Crippen molar-refractivity contribution < 1.29 is 4.79 Å². The molecule has 5 heteroatoms. The fourth-order valence-electron chi connectivity index (χ4n) is 5.21. The SMILES string of the molecule is CCC(=O)C1=CC=C2c3c(CCCNC4=NCCC4)nc(Cc4ccccc4)nc3CC2C1. The molecule has 2 heterocycles. The third-order valence-corrected chi connectivity index (χ3v) is 6.88. The molecule has 2 aliphatic carbocycles. The van der Waals surface area contributed by atoms with E-state index >= 15 is 0 Å². The van der Waals surface area contributed by atoms with Crippen LogP contribution in [0.3, 0.4) is 0 Å². The summed E-state index contributed by atoms with van der Waals surface area (Å²) < 4.78 is 0. The number of rotatable bonds is 8. The lowest BCUT2D eigenvalue weighted by molar-refractivity contribution is -0.115. The number of nitrogens with zero attached hydrogens (tertiary/aromatic N) is 3. The van der Waals surface area contributed by atoms with E-state index in [1.807, 2.05) is 19.1 Å². The zero-order valence-corrected chi connectivity index (χ0v) is 19.4. The Morgan fingerprint density at radius 2 is 2.00 bits per heavy atom. The van der Waals surface area contributed by atoms with Crippen molar-refractivity contribution in [1.29, 1.82) is 0 Å². The summed E-state index contributed by atoms with van der Waals surface area (Å²) in [6.45, 7) is 3.82. The number of carbonyl (C=O) groups excluding carboxylic acids is 1. The Kier molecular flexibility index (Phi) is 6.47. The highest BCUT2D eigenvalue weighted by Crippen LogP contribution is 2.43. The van der Waals surface area contributed by atoms with Crippen molar-refractivity contribution in [3.8, 4) is 0 Å². The Labute approximate surface area is 196 Å². The van der Waals surface area contributed by atoms with Gasteiger partial charge in [-0.1, -0.05) is 49.4 Å². The molecular weight excluding hydrogens is 408 g/mol. The molecule has 33 heavy (non-hydrogen) atoms. The van der Waals surface area contributed by atoms with Crippen LogP contribution in [0.5, 0.6) is 0 Å². The van der Waals surface area contributed by atoms with Crippen molar-refractivity contribution in [2.75, 3.05) is 13.1 Å². The maximum atomic E-state index is 12.3. The fourth-order valence-corrected chi connectivity index (χ4v) is 5.21. The normalized spacial score (nSPS) is 18.8. The quantitative estimate of drug-likeness (QED) is 0.607. The van der Waals surface area contributed by atoms with Gasteiger partial charge < -0.3 is 5.32 Å². The second-order valence-corrected chi connectivity index (χ2v) is 9.23. The molecule has 0 radical (unpaired) electrons. The van der Waals surface area contributed by atoms with Crippen molar-refractivity contribution >= 4 is 17.2 Å². The van der Waals surface area contributed by atoms with E-state index < -0.39 is 0 Å². The monoisotopic (exact) mass is 440 g/mol. The second-order valence-electron chi connectivity index (χ2n) is 9.23. The van der Waals surface area contributed by atoms with Crippen molar-refractivity contribution in [2.24, 2.45) is 10.9 Å². The highest BCUT2D eigenvalue weighted by molar-refractivity contribution is 5.97. The maximum Gasteiger partial charge on any atom is 0.158 e. The van der Waals surface area contributed by atoms with E-state index in [2.05, 4.69) is 40.7 Å². The van der Waals surface area contributed by atoms with Crippen LogP contribution in [-0.4, -0.2) is 34.7 Å². The molecule has 0 amide bonds. The number of fused-ring (bicyclic) bond motifs is 3. The van der Waals surface area contributed by atoms with Gasteiger partial charge in [0.05, 0.1) is 17.2 Å². The molecule has 0 saturated heterocycles. The van der Waals surface area contributed by atoms with E-state index in [4.69, 9.17) is 9.97 Å². The summed E-state index contributed by atoms with van der Waals surface area (Å²) in [5.74, 6) is 2.67. The number of hydrogen-bond donors (Lipinski definition) is 1. The van der Waals surface area contributed by atoms with Crippen molar-refractivity contribution in [3.63, 3.8) is 0 Å². The highest BCUT2D eigenvalue weighted by atomic mass is 16.1. The average molecular weight is 441 g/mol. The first-order valence-corrected chi connectivity index (χ1v) is 12.4. The standard InChI is InChI=1S/C28H32N4O/c1-2-25(33)20-12-13-22-21(17-20)18-24-28(22)23(10-6-14-29-26-11-7-15-30-26)31-27(32-24)16-19-8-4-3-5-9-19/h3-5,8-9,12-13,21H,2,6-7,10-11,14-18H2,1H3,(H,29,30). The third-order valence-electron chi connectivity index (χ3n) is 6.88. The number of allylic oxidation sites excluding steroid dienone is 4. The van der Waals surface area contributed by atoms with Crippen molar-refractivity contribution in [2.45, 2.75) is 58.3 Å². The van der Waals surface area contributed by atoms with E-state index in [9.17, 15) is 4.79 Å². The summed E-state index contributed by atoms with van der Waals surface area (Å²) in [7, 11) is 0. The van der Waals surface area contributed by atoms with Gasteiger partial charge in [0.2, 0.25) is 0 Å². The zero-order valence-electron chi connectivity index (χ0n) is 19.4. The van der Waals surface area contributed by atoms with E-state index in [0.717, 1.165) is 86.7 Å². The Morgan fingerprint density at radius 1 is 1.12 bits per heavy atom. The number of amidine groups is 1. The van der Waals surface area contributed by atoms with Gasteiger partial charge in [0, 0.05) is 37.9 Å². The van der Waals surface area contributed by atoms with Gasteiger partial charge in [0.1, 0.15) is 5.82 Å². The Hall–Kier alpha value is -3.08. The molecule has 170 valence electrons. The number of Topliss-reactive ketones (excluding diaryl/α,β-unsaturated/α-hetero) is 1. The van der Waals surface area contributed by atoms with E-state index in [0.29, 0.717) is 12.3 Å². The summed E-state index contributed by atoms with van der Waals surface area (Å²) in [4.78, 5) is 26.9. The average Bonchev–Trinajstić information content (AvgIpc) is 3.49. The lowest BCUT2D eigenvalue weighted by Crippen LogP contribution is -2.23. The summed E-state index contributed by atoms with van der Waals surface area (Å²) in [6.07, 6.45) is 11.4. The summed E-state index contributed by atoms with van der Waals surface area (Å²) >= 11 is 0. The molecule has 0 spiro atoms. The number of aromatic nitrogens is 2. The van der Waals surface area contributed by atoms with Crippen molar-refractivity contribution in [1.82, 2.24) is 15.3 Å². The molecule has 2 aromatic rings. The summed E-state index contributed by atoms with van der Waals surface area (Å²) in [5, 5.41) is 3.50. The molecule has 1 aromatic carbocycles. The van der Waals surface area contributed by atoms with Gasteiger partial charge in [0.25, 0.3) is 0 Å². The van der Waals surface area contributed by atoms with Crippen LogP contribution in [0.4, 0.5) is 0 Å². The van der Waals surface area contributed by atoms with E-state index in [-0.39, 0.29) is 5.78 Å². The van der Waals surface area contributed by atoms with Gasteiger partial charge in [-0.15, -0.1) is 0 Å². The first kappa shape index (κ1) is 21.7. The molecule has 1 atom stereocenters. The number of carbonyl (C=O) groups is 1. The van der Waals surface area contributed by atoms with Gasteiger partial charge >= 0.3 is 0 Å². The van der Waals surface area contributed by atoms with Crippen LogP contribution in [0.2, 0.25) is 0 Å². The minimum Gasteiger partial charge on any atom is -0.374 e. The van der Waals surface area contributed by atoms with Crippen LogP contribution in [0.15, 0.2) is 53.0 Å². The molecule has 0 fully saturated rings. The number of hydrogen-bond acceptors (Lipinski definition) is 5. The molecule has 5 nitrogen and oxygen atoms in total. The van der Waals surface area contributed by atoms with Gasteiger partial charge in [-0.2, -0.15) is 0 Å². The minimum absolute atomic E-state index is 0.262. The van der Waals surface area contributed by atoms with Crippen LogP contribution < -0.4 is 5.32 Å². The minimum atomic E-state index is 0.262. The largest absolute Gasteiger partial charge is 0.374 e. The Balaban J connectivity index is 1.40. The third kappa shape index (κ3) is 4.82. The maximum absolute atomic E-state index is 12.3. The van der Waals surface area contributed by atoms with Gasteiger partial charge in [-0.25, -0.2) is 9.97 Å². The lowest BCUT2D eigenvalue weighted by atomic mass is 9.85. The summed E-state index contributed by atoms with van der Waals surface area (Å²) in [6, 6.07) is 10.4. The topological polar surface area (TPSA) is 67.2 Å². The molecule has 0 bridgehead atoms. The first-order chi connectivity index (χ1) is 16.2. The van der Waals surface area contributed by atoms with Crippen LogP contribution >= 0.6 is 0 Å². The fraction of sp³-hybridized carbons (Fsp3) is 0.429. The molecule has 1 N–H and O–H groups in total. The summed E-state index contributed by atoms with van der Waals surface area (Å²) in [5.41, 5.74) is 7.08. The van der Waals surface area contributed by atoms with Crippen molar-refractivity contribution in [3.05, 3.63) is 76.4 Å². The van der Waals surface area contributed by atoms with Crippen LogP contribution in [0, 0.1) is 5.92 Å². The number of ketones is 1. The van der Waals surface area contributed by atoms with E-state index in [1.54, 1.807) is 0 Å². The molecule has 1 unspecified atom stereocenters. The number of aryl methyl sites for hydroxylation is 1. The van der Waals surface area contributed by atoms with Gasteiger partial charge in [-0.3, -0.25) is 9.79 Å². The van der Waals surface area contributed by atoms with Crippen LogP contribution in [0.25, 0.3) is 5.57 Å². The molecule has 0 saturated carbocycles. The first-order valence-electron chi connectivity index (χ1n) is 12.4. The number of aliphatic imine (C=N–C) groups is 1. The predicted octanol–water partition coefficient (Wildman–Crippen LogP) is 4.65.